The first kappa shape index (κ1) is 25.8. The first-order chi connectivity index (χ1) is 17.5. The van der Waals surface area contributed by atoms with E-state index in [-0.39, 0.29) is 40.0 Å². The third-order valence-corrected chi connectivity index (χ3v) is 5.68. The Bertz CT molecular complexity index is 1600. The van der Waals surface area contributed by atoms with E-state index in [9.17, 15) is 23.6 Å². The molecule has 0 aliphatic heterocycles. The lowest BCUT2D eigenvalue weighted by atomic mass is 10.1. The molecule has 11 heteroatoms. The summed E-state index contributed by atoms with van der Waals surface area (Å²) in [6, 6.07) is 9.79. The van der Waals surface area contributed by atoms with Crippen LogP contribution in [0, 0.1) is 17.7 Å². The molecule has 0 aliphatic carbocycles. The molecule has 37 heavy (non-hydrogen) atoms. The van der Waals surface area contributed by atoms with Crippen molar-refractivity contribution in [1.29, 1.82) is 0 Å². The highest BCUT2D eigenvalue weighted by atomic mass is 19.1. The number of nitrogens with one attached hydrogen (secondary N) is 2. The zero-order valence-corrected chi connectivity index (χ0v) is 21.1. The lowest BCUT2D eigenvalue weighted by Gasteiger charge is -2.13. The molecule has 2 aromatic heterocycles. The Labute approximate surface area is 211 Å². The summed E-state index contributed by atoms with van der Waals surface area (Å²) in [5.74, 6) is -0.919. The smallest absolute Gasteiger partial charge is 0.352 e. The Hall–Kier alpha value is -4.28. The maximum absolute atomic E-state index is 13.4. The average molecular weight is 509 g/mol. The van der Waals surface area contributed by atoms with Crippen molar-refractivity contribution in [2.75, 3.05) is 11.9 Å². The maximum Gasteiger partial charge on any atom is 0.352 e. The second-order valence-corrected chi connectivity index (χ2v) is 9.78. The van der Waals surface area contributed by atoms with Crippen molar-refractivity contribution in [3.05, 3.63) is 74.7 Å². The molecule has 0 spiro atoms. The molecular formula is C26H29FN6O4. The van der Waals surface area contributed by atoms with Crippen molar-refractivity contribution in [1.82, 2.24) is 24.1 Å². The van der Waals surface area contributed by atoms with Gasteiger partial charge in [-0.3, -0.25) is 19.0 Å². The summed E-state index contributed by atoms with van der Waals surface area (Å²) in [4.78, 5) is 52.1. The highest BCUT2D eigenvalue weighted by Crippen LogP contribution is 2.16. The fourth-order valence-corrected chi connectivity index (χ4v) is 3.96. The normalized spacial score (nSPS) is 11.5. The van der Waals surface area contributed by atoms with E-state index in [0.29, 0.717) is 24.3 Å². The Kier molecular flexibility index (Phi) is 7.23. The topological polar surface area (TPSA) is 120 Å². The first-order valence-corrected chi connectivity index (χ1v) is 12.0. The molecule has 0 saturated heterocycles. The van der Waals surface area contributed by atoms with Crippen LogP contribution in [0.1, 0.15) is 38.1 Å². The van der Waals surface area contributed by atoms with Gasteiger partial charge in [0, 0.05) is 24.3 Å². The van der Waals surface area contributed by atoms with Crippen molar-refractivity contribution in [2.24, 2.45) is 11.8 Å². The SMILES string of the molecule is CC(C)CNC(=O)c1ccc2c(=O)n(CC(C)C)c3nn(CC(=O)Nc4ccc(F)cc4)c(=O)n3c2c1. The minimum absolute atomic E-state index is 0.0714. The number of fused-ring (bicyclic) bond motifs is 3. The predicted octanol–water partition coefficient (Wildman–Crippen LogP) is 2.63. The summed E-state index contributed by atoms with van der Waals surface area (Å²) in [6.07, 6.45) is 0. The van der Waals surface area contributed by atoms with Crippen LogP contribution >= 0.6 is 0 Å². The van der Waals surface area contributed by atoms with E-state index in [0.717, 1.165) is 4.68 Å². The number of anilines is 1. The number of hydrogen-bond acceptors (Lipinski definition) is 5. The van der Waals surface area contributed by atoms with Crippen LogP contribution in [0.3, 0.4) is 0 Å². The summed E-state index contributed by atoms with van der Waals surface area (Å²) in [7, 11) is 0. The molecule has 2 N–H and O–H groups in total. The van der Waals surface area contributed by atoms with Gasteiger partial charge in [0.1, 0.15) is 12.4 Å². The second-order valence-electron chi connectivity index (χ2n) is 9.78. The number of aromatic nitrogens is 4. The molecule has 4 aromatic rings. The minimum Gasteiger partial charge on any atom is -0.352 e. The molecule has 194 valence electrons. The lowest BCUT2D eigenvalue weighted by Crippen LogP contribution is -2.30. The third kappa shape index (κ3) is 5.45. The van der Waals surface area contributed by atoms with Crippen molar-refractivity contribution in [2.45, 2.75) is 40.8 Å². The number of carbonyl (C=O) groups excluding carboxylic acids is 2. The molecule has 2 heterocycles. The summed E-state index contributed by atoms with van der Waals surface area (Å²) in [5.41, 5.74) is -0.0938. The van der Waals surface area contributed by atoms with Gasteiger partial charge in [-0.1, -0.05) is 27.7 Å². The zero-order valence-electron chi connectivity index (χ0n) is 21.1. The van der Waals surface area contributed by atoms with Crippen LogP contribution < -0.4 is 21.9 Å². The second kappa shape index (κ2) is 10.4. The predicted molar refractivity (Wildman–Crippen MR) is 138 cm³/mol. The van der Waals surface area contributed by atoms with Gasteiger partial charge >= 0.3 is 5.69 Å². The number of halogens is 1. The van der Waals surface area contributed by atoms with Crippen molar-refractivity contribution >= 4 is 34.2 Å². The van der Waals surface area contributed by atoms with Gasteiger partial charge in [0.05, 0.1) is 10.9 Å². The van der Waals surface area contributed by atoms with Crippen LogP contribution in [0.25, 0.3) is 16.7 Å². The molecule has 2 aromatic carbocycles. The Balaban J connectivity index is 1.81. The number of amides is 2. The molecule has 4 rings (SSSR count). The van der Waals surface area contributed by atoms with Crippen LogP contribution in [-0.2, 0) is 17.9 Å². The summed E-state index contributed by atoms with van der Waals surface area (Å²) in [5, 5.41) is 9.99. The van der Waals surface area contributed by atoms with Gasteiger partial charge in [-0.2, -0.15) is 0 Å². The van der Waals surface area contributed by atoms with Crippen LogP contribution in [0.2, 0.25) is 0 Å². The fraction of sp³-hybridized carbons (Fsp3) is 0.346. The molecule has 10 nitrogen and oxygen atoms in total. The van der Waals surface area contributed by atoms with E-state index in [4.69, 9.17) is 0 Å². The highest BCUT2D eigenvalue weighted by Gasteiger charge is 2.20. The average Bonchev–Trinajstić information content (AvgIpc) is 3.16. The molecule has 2 amide bonds. The van der Waals surface area contributed by atoms with Gasteiger partial charge in [0.25, 0.3) is 11.5 Å². The van der Waals surface area contributed by atoms with E-state index in [2.05, 4.69) is 15.7 Å². The zero-order chi connectivity index (χ0) is 26.9. The van der Waals surface area contributed by atoms with Gasteiger partial charge in [0.15, 0.2) is 0 Å². The minimum atomic E-state index is -0.633. The number of benzene rings is 2. The highest BCUT2D eigenvalue weighted by molar-refractivity contribution is 5.98. The van der Waals surface area contributed by atoms with Crippen LogP contribution in [0.5, 0.6) is 0 Å². The van der Waals surface area contributed by atoms with Crippen LogP contribution in [-0.4, -0.2) is 37.1 Å². The monoisotopic (exact) mass is 508 g/mol. The summed E-state index contributed by atoms with van der Waals surface area (Å²) < 4.78 is 16.8. The van der Waals surface area contributed by atoms with Crippen molar-refractivity contribution < 1.29 is 14.0 Å². The van der Waals surface area contributed by atoms with Gasteiger partial charge in [-0.15, -0.1) is 5.10 Å². The van der Waals surface area contributed by atoms with E-state index < -0.39 is 24.0 Å². The molecular weight excluding hydrogens is 479 g/mol. The molecule has 0 fully saturated rings. The van der Waals surface area contributed by atoms with Gasteiger partial charge < -0.3 is 10.6 Å². The maximum atomic E-state index is 13.4. The molecule has 0 atom stereocenters. The Morgan fingerprint density at radius 1 is 1.00 bits per heavy atom. The molecule has 0 radical (unpaired) electrons. The molecule has 0 bridgehead atoms. The number of hydrogen-bond donors (Lipinski definition) is 2. The number of nitrogens with zero attached hydrogens (tertiary/aromatic N) is 4. The fourth-order valence-electron chi connectivity index (χ4n) is 3.96. The third-order valence-electron chi connectivity index (χ3n) is 5.68. The quantitative estimate of drug-likeness (QED) is 0.379. The van der Waals surface area contributed by atoms with E-state index in [1.165, 1.54) is 45.4 Å². The first-order valence-electron chi connectivity index (χ1n) is 12.0. The molecule has 0 saturated carbocycles. The van der Waals surface area contributed by atoms with Crippen molar-refractivity contribution in [3.8, 4) is 0 Å². The Morgan fingerprint density at radius 2 is 1.70 bits per heavy atom. The Morgan fingerprint density at radius 3 is 2.35 bits per heavy atom. The van der Waals surface area contributed by atoms with E-state index >= 15 is 0 Å². The van der Waals surface area contributed by atoms with E-state index in [1.807, 2.05) is 27.7 Å². The summed E-state index contributed by atoms with van der Waals surface area (Å²) >= 11 is 0. The number of rotatable bonds is 8. The van der Waals surface area contributed by atoms with Crippen LogP contribution in [0.4, 0.5) is 10.1 Å². The van der Waals surface area contributed by atoms with E-state index in [1.54, 1.807) is 6.07 Å². The number of carbonyl (C=O) groups is 2. The molecule has 0 unspecified atom stereocenters. The largest absolute Gasteiger partial charge is 0.352 e. The lowest BCUT2D eigenvalue weighted by molar-refractivity contribution is -0.117. The van der Waals surface area contributed by atoms with Crippen molar-refractivity contribution in [3.63, 3.8) is 0 Å². The molecule has 0 aliphatic rings. The standard InChI is InChI=1S/C26H29FN6O4/c1-15(2)12-28-23(35)17-5-10-20-21(11-17)33-25(31(24(20)36)13-16(3)4)30-32(26(33)37)14-22(34)29-19-8-6-18(27)7-9-19/h5-11,15-16H,12-14H2,1-4H3,(H,28,35)(H,29,34). The van der Waals surface area contributed by atoms with Crippen LogP contribution in [0.15, 0.2) is 52.1 Å². The van der Waals surface area contributed by atoms with Gasteiger partial charge in [-0.05, 0) is 54.3 Å². The summed E-state index contributed by atoms with van der Waals surface area (Å²) in [6.45, 7) is 8.16. The van der Waals surface area contributed by atoms with Gasteiger partial charge in [0.2, 0.25) is 11.7 Å². The van der Waals surface area contributed by atoms with Gasteiger partial charge in [-0.25, -0.2) is 18.3 Å².